The smallest absolute Gasteiger partial charge is 0.216 e. The van der Waals surface area contributed by atoms with Gasteiger partial charge in [0, 0.05) is 16.7 Å². The van der Waals surface area contributed by atoms with Crippen LogP contribution in [0.5, 0.6) is 11.6 Å². The van der Waals surface area contributed by atoms with Crippen LogP contribution < -0.4 is 15.2 Å². The fraction of sp³-hybridized carbons (Fsp3) is 0.231. The molecule has 1 unspecified atom stereocenters. The second kappa shape index (κ2) is 5.86. The minimum absolute atomic E-state index is 0.460. The molecule has 0 bridgehead atoms. The quantitative estimate of drug-likeness (QED) is 0.929. The highest BCUT2D eigenvalue weighted by Crippen LogP contribution is 2.30. The lowest BCUT2D eigenvalue weighted by Crippen LogP contribution is -2.15. The van der Waals surface area contributed by atoms with Crippen LogP contribution in [0, 0.1) is 0 Å². The largest absolute Gasteiger partial charge is 0.496 e. The molecule has 0 spiro atoms. The van der Waals surface area contributed by atoms with Crippen molar-refractivity contribution in [3.8, 4) is 11.6 Å². The molecule has 2 N–H and O–H groups in total. The molecule has 19 heavy (non-hydrogen) atoms. The fourth-order valence-corrected chi connectivity index (χ4v) is 1.92. The maximum absolute atomic E-state index is 6.20. The zero-order valence-electron chi connectivity index (χ0n) is 10.6. The number of hydrogen-bond acceptors (Lipinski definition) is 5. The van der Waals surface area contributed by atoms with Crippen LogP contribution in [0.3, 0.4) is 0 Å². The molecule has 0 aliphatic rings. The number of rotatable bonds is 4. The Morgan fingerprint density at radius 2 is 1.95 bits per heavy atom. The van der Waals surface area contributed by atoms with Gasteiger partial charge >= 0.3 is 0 Å². The molecule has 2 aromatic rings. The maximum atomic E-state index is 6.20. The summed E-state index contributed by atoms with van der Waals surface area (Å²) >= 11 is 6.00. The number of nitrogens with two attached hydrogens (primary N) is 1. The van der Waals surface area contributed by atoms with Crippen molar-refractivity contribution in [1.82, 2.24) is 9.97 Å². The van der Waals surface area contributed by atoms with Crippen LogP contribution in [0.15, 0.2) is 30.6 Å². The number of halogens is 1. The second-order valence-electron chi connectivity index (χ2n) is 3.85. The first-order valence-electron chi connectivity index (χ1n) is 5.60. The van der Waals surface area contributed by atoms with Gasteiger partial charge in [-0.05, 0) is 18.2 Å². The van der Waals surface area contributed by atoms with E-state index in [0.717, 1.165) is 5.56 Å². The van der Waals surface area contributed by atoms with Crippen LogP contribution in [0.1, 0.15) is 17.3 Å². The number of benzene rings is 1. The molecular weight excluding hydrogens is 266 g/mol. The molecule has 0 amide bonds. The van der Waals surface area contributed by atoms with Crippen LogP contribution >= 0.6 is 11.6 Å². The Kier molecular flexibility index (Phi) is 4.19. The predicted molar refractivity (Wildman–Crippen MR) is 72.6 cm³/mol. The topological polar surface area (TPSA) is 70.3 Å². The SMILES string of the molecule is COc1cc(C(N)c2cc(Cl)ccc2OC)ncn1. The minimum atomic E-state index is -0.467. The van der Waals surface area contributed by atoms with Gasteiger partial charge in [-0.25, -0.2) is 9.97 Å². The molecule has 1 aromatic carbocycles. The monoisotopic (exact) mass is 279 g/mol. The van der Waals surface area contributed by atoms with Gasteiger partial charge in [0.2, 0.25) is 5.88 Å². The van der Waals surface area contributed by atoms with Crippen molar-refractivity contribution < 1.29 is 9.47 Å². The van der Waals surface area contributed by atoms with Crippen molar-refractivity contribution >= 4 is 11.6 Å². The van der Waals surface area contributed by atoms with Crippen molar-refractivity contribution in [2.75, 3.05) is 14.2 Å². The standard InChI is InChI=1S/C13H14ClN3O2/c1-18-11-4-3-8(14)5-9(11)13(15)10-6-12(19-2)17-7-16-10/h3-7,13H,15H2,1-2H3. The molecule has 100 valence electrons. The van der Waals surface area contributed by atoms with E-state index in [1.54, 1.807) is 31.4 Å². The molecule has 1 aromatic heterocycles. The van der Waals surface area contributed by atoms with Crippen molar-refractivity contribution in [2.24, 2.45) is 5.73 Å². The molecule has 5 nitrogen and oxygen atoms in total. The van der Waals surface area contributed by atoms with Gasteiger partial charge in [0.15, 0.2) is 0 Å². The van der Waals surface area contributed by atoms with Gasteiger partial charge in [-0.3, -0.25) is 0 Å². The lowest BCUT2D eigenvalue weighted by Gasteiger charge is -2.15. The van der Waals surface area contributed by atoms with Gasteiger partial charge in [0.25, 0.3) is 0 Å². The van der Waals surface area contributed by atoms with Crippen LogP contribution in [0.2, 0.25) is 5.02 Å². The van der Waals surface area contributed by atoms with Gasteiger partial charge in [-0.2, -0.15) is 0 Å². The summed E-state index contributed by atoms with van der Waals surface area (Å²) in [5.74, 6) is 1.12. The summed E-state index contributed by atoms with van der Waals surface area (Å²) in [4.78, 5) is 8.10. The highest BCUT2D eigenvalue weighted by atomic mass is 35.5. The van der Waals surface area contributed by atoms with E-state index >= 15 is 0 Å². The van der Waals surface area contributed by atoms with E-state index in [1.165, 1.54) is 13.4 Å². The van der Waals surface area contributed by atoms with E-state index in [0.29, 0.717) is 22.3 Å². The van der Waals surface area contributed by atoms with Gasteiger partial charge in [-0.1, -0.05) is 11.6 Å². The summed E-state index contributed by atoms with van der Waals surface area (Å²) in [6, 6.07) is 6.50. The highest BCUT2D eigenvalue weighted by Gasteiger charge is 2.16. The minimum Gasteiger partial charge on any atom is -0.496 e. The first-order valence-corrected chi connectivity index (χ1v) is 5.98. The van der Waals surface area contributed by atoms with E-state index < -0.39 is 6.04 Å². The molecule has 0 saturated heterocycles. The molecule has 0 radical (unpaired) electrons. The fourth-order valence-electron chi connectivity index (χ4n) is 1.74. The Labute approximate surface area is 116 Å². The summed E-state index contributed by atoms with van der Waals surface area (Å²) in [7, 11) is 3.12. The molecule has 0 aliphatic carbocycles. The first-order chi connectivity index (χ1) is 9.15. The normalized spacial score (nSPS) is 12.0. The van der Waals surface area contributed by atoms with Crippen LogP contribution in [-0.4, -0.2) is 24.2 Å². The first kappa shape index (κ1) is 13.6. The Hall–Kier alpha value is -1.85. The van der Waals surface area contributed by atoms with Gasteiger partial charge in [-0.15, -0.1) is 0 Å². The molecule has 6 heteroatoms. The summed E-state index contributed by atoms with van der Waals surface area (Å²) in [6.45, 7) is 0. The summed E-state index contributed by atoms with van der Waals surface area (Å²) < 4.78 is 10.3. The number of ether oxygens (including phenoxy) is 2. The lowest BCUT2D eigenvalue weighted by molar-refractivity contribution is 0.394. The van der Waals surface area contributed by atoms with E-state index in [1.807, 2.05) is 0 Å². The van der Waals surface area contributed by atoms with Crippen molar-refractivity contribution in [3.63, 3.8) is 0 Å². The van der Waals surface area contributed by atoms with E-state index in [2.05, 4.69) is 9.97 Å². The predicted octanol–water partition coefficient (Wildman–Crippen LogP) is 2.20. The molecule has 0 aliphatic heterocycles. The Bertz CT molecular complexity index is 578. The molecule has 0 saturated carbocycles. The Morgan fingerprint density at radius 1 is 1.16 bits per heavy atom. The Balaban J connectivity index is 2.42. The van der Waals surface area contributed by atoms with Gasteiger partial charge < -0.3 is 15.2 Å². The van der Waals surface area contributed by atoms with Gasteiger partial charge in [0.1, 0.15) is 12.1 Å². The summed E-state index contributed by atoms with van der Waals surface area (Å²) in [6.07, 6.45) is 1.41. The van der Waals surface area contributed by atoms with Crippen molar-refractivity contribution in [1.29, 1.82) is 0 Å². The zero-order chi connectivity index (χ0) is 13.8. The molecule has 1 heterocycles. The molecular formula is C13H14ClN3O2. The number of nitrogens with zero attached hydrogens (tertiary/aromatic N) is 2. The number of hydrogen-bond donors (Lipinski definition) is 1. The third-order valence-corrected chi connectivity index (χ3v) is 2.95. The average molecular weight is 280 g/mol. The van der Waals surface area contributed by atoms with E-state index in [9.17, 15) is 0 Å². The average Bonchev–Trinajstić information content (AvgIpc) is 2.46. The van der Waals surface area contributed by atoms with Gasteiger partial charge in [0.05, 0.1) is 26.0 Å². The molecule has 1 atom stereocenters. The Morgan fingerprint density at radius 3 is 2.63 bits per heavy atom. The third-order valence-electron chi connectivity index (χ3n) is 2.72. The summed E-state index contributed by atoms with van der Waals surface area (Å²) in [5, 5.41) is 0.590. The third kappa shape index (κ3) is 2.94. The van der Waals surface area contributed by atoms with Crippen molar-refractivity contribution in [2.45, 2.75) is 6.04 Å². The van der Waals surface area contributed by atoms with Crippen LogP contribution in [0.25, 0.3) is 0 Å². The van der Waals surface area contributed by atoms with Crippen molar-refractivity contribution in [3.05, 3.63) is 46.9 Å². The number of aromatic nitrogens is 2. The van der Waals surface area contributed by atoms with E-state index in [-0.39, 0.29) is 0 Å². The highest BCUT2D eigenvalue weighted by molar-refractivity contribution is 6.30. The molecule has 0 fully saturated rings. The van der Waals surface area contributed by atoms with Crippen LogP contribution in [-0.2, 0) is 0 Å². The molecule has 2 rings (SSSR count). The maximum Gasteiger partial charge on any atom is 0.216 e. The van der Waals surface area contributed by atoms with E-state index in [4.69, 9.17) is 26.8 Å². The van der Waals surface area contributed by atoms with Crippen LogP contribution in [0.4, 0.5) is 0 Å². The second-order valence-corrected chi connectivity index (χ2v) is 4.29. The number of methoxy groups -OCH3 is 2. The zero-order valence-corrected chi connectivity index (χ0v) is 11.4. The lowest BCUT2D eigenvalue weighted by atomic mass is 10.0. The summed E-state index contributed by atoms with van der Waals surface area (Å²) in [5.41, 5.74) is 7.59.